The van der Waals surface area contributed by atoms with Crippen molar-refractivity contribution in [1.82, 2.24) is 4.98 Å². The zero-order valence-electron chi connectivity index (χ0n) is 6.53. The van der Waals surface area contributed by atoms with Crippen LogP contribution in [0.15, 0.2) is 22.9 Å². The molecule has 0 unspecified atom stereocenters. The van der Waals surface area contributed by atoms with Gasteiger partial charge in [0.1, 0.15) is 4.60 Å². The van der Waals surface area contributed by atoms with Crippen LogP contribution in [-0.4, -0.2) is 4.98 Å². The van der Waals surface area contributed by atoms with Crippen molar-refractivity contribution < 1.29 is 0 Å². The minimum atomic E-state index is 0. The van der Waals surface area contributed by atoms with E-state index in [-0.39, 0.29) is 30.9 Å². The summed E-state index contributed by atoms with van der Waals surface area (Å²) in [6.07, 6.45) is 1.74. The second kappa shape index (κ2) is 6.66. The van der Waals surface area contributed by atoms with Crippen LogP contribution in [-0.2, 0) is 0 Å². The molecule has 0 fully saturated rings. The first kappa shape index (κ1) is 14.7. The third-order valence-corrected chi connectivity index (χ3v) is 1.71. The highest BCUT2D eigenvalue weighted by Gasteiger charge is 1.97. The van der Waals surface area contributed by atoms with Gasteiger partial charge in [-0.15, -0.1) is 24.8 Å². The van der Waals surface area contributed by atoms with Gasteiger partial charge in [0.25, 0.3) is 0 Å². The average Bonchev–Trinajstić information content (AvgIpc) is 1.88. The molecule has 0 spiro atoms. The third-order valence-electron chi connectivity index (χ3n) is 1.28. The Morgan fingerprint density at radius 1 is 1.50 bits per heavy atom. The zero-order chi connectivity index (χ0) is 7.56. The van der Waals surface area contributed by atoms with Crippen molar-refractivity contribution in [2.75, 3.05) is 0 Å². The largest absolute Gasteiger partial charge is 0.324 e. The molecule has 0 aliphatic rings. The number of hydrogen-bond donors (Lipinski definition) is 1. The maximum absolute atomic E-state index is 5.63. The van der Waals surface area contributed by atoms with Crippen LogP contribution in [0.1, 0.15) is 18.5 Å². The Labute approximate surface area is 92.9 Å². The average molecular weight is 274 g/mol. The van der Waals surface area contributed by atoms with E-state index in [9.17, 15) is 0 Å². The van der Waals surface area contributed by atoms with Gasteiger partial charge in [0.15, 0.2) is 0 Å². The second-order valence-corrected chi connectivity index (χ2v) is 3.01. The first-order chi connectivity index (χ1) is 4.70. The van der Waals surface area contributed by atoms with Gasteiger partial charge in [-0.25, -0.2) is 4.98 Å². The molecule has 1 aromatic heterocycles. The van der Waals surface area contributed by atoms with Crippen LogP contribution < -0.4 is 5.73 Å². The predicted molar refractivity (Wildman–Crippen MR) is 59.0 cm³/mol. The molecule has 1 heterocycles. The molecule has 0 aliphatic carbocycles. The molecule has 1 atom stereocenters. The SMILES string of the molecule is C[C@H](N)c1ccnc(Br)c1.Cl.Cl. The van der Waals surface area contributed by atoms with Gasteiger partial charge in [-0.3, -0.25) is 0 Å². The van der Waals surface area contributed by atoms with Crippen molar-refractivity contribution in [1.29, 1.82) is 0 Å². The van der Waals surface area contributed by atoms with E-state index in [0.717, 1.165) is 10.2 Å². The van der Waals surface area contributed by atoms with E-state index >= 15 is 0 Å². The lowest BCUT2D eigenvalue weighted by atomic mass is 10.1. The van der Waals surface area contributed by atoms with Crippen LogP contribution in [0.3, 0.4) is 0 Å². The Balaban J connectivity index is 0. The molecule has 2 nitrogen and oxygen atoms in total. The molecule has 1 rings (SSSR count). The Morgan fingerprint density at radius 2 is 2.08 bits per heavy atom. The normalized spacial score (nSPS) is 10.9. The fourth-order valence-corrected chi connectivity index (χ4v) is 1.08. The first-order valence-corrected chi connectivity index (χ1v) is 3.86. The number of nitrogens with two attached hydrogens (primary N) is 1. The molecule has 0 amide bonds. The van der Waals surface area contributed by atoms with Gasteiger partial charge in [-0.2, -0.15) is 0 Å². The highest BCUT2D eigenvalue weighted by molar-refractivity contribution is 9.10. The number of hydrogen-bond acceptors (Lipinski definition) is 2. The van der Waals surface area contributed by atoms with Gasteiger partial charge < -0.3 is 5.73 Å². The standard InChI is InChI=1S/C7H9BrN2.2ClH/c1-5(9)6-2-3-10-7(8)4-6;;/h2-5H,9H2,1H3;2*1H/t5-;;/m0../s1. The minimum Gasteiger partial charge on any atom is -0.324 e. The van der Waals surface area contributed by atoms with E-state index in [1.54, 1.807) is 6.20 Å². The van der Waals surface area contributed by atoms with Crippen LogP contribution in [0.5, 0.6) is 0 Å². The number of rotatable bonds is 1. The summed E-state index contributed by atoms with van der Waals surface area (Å²) in [6, 6.07) is 3.92. The van der Waals surface area contributed by atoms with Crippen molar-refractivity contribution in [3.05, 3.63) is 28.5 Å². The van der Waals surface area contributed by atoms with E-state index in [1.807, 2.05) is 19.1 Å². The molecule has 0 radical (unpaired) electrons. The minimum absolute atomic E-state index is 0. The van der Waals surface area contributed by atoms with Gasteiger partial charge in [-0.1, -0.05) is 0 Å². The Hall–Kier alpha value is 0.170. The highest BCUT2D eigenvalue weighted by atomic mass is 79.9. The maximum atomic E-state index is 5.63. The number of halogens is 3. The monoisotopic (exact) mass is 272 g/mol. The van der Waals surface area contributed by atoms with E-state index in [4.69, 9.17) is 5.73 Å². The molecule has 2 N–H and O–H groups in total. The van der Waals surface area contributed by atoms with Gasteiger partial charge in [-0.05, 0) is 40.5 Å². The summed E-state index contributed by atoms with van der Waals surface area (Å²) < 4.78 is 0.835. The molecule has 1 aromatic rings. The Bertz CT molecular complexity index is 230. The summed E-state index contributed by atoms with van der Waals surface area (Å²) in [5, 5.41) is 0. The summed E-state index contributed by atoms with van der Waals surface area (Å²) in [5.41, 5.74) is 6.73. The molecule has 12 heavy (non-hydrogen) atoms. The topological polar surface area (TPSA) is 38.9 Å². The van der Waals surface area contributed by atoms with Gasteiger partial charge in [0.05, 0.1) is 0 Å². The lowest BCUT2D eigenvalue weighted by Crippen LogP contribution is -2.04. The van der Waals surface area contributed by atoms with Crippen molar-refractivity contribution in [3.63, 3.8) is 0 Å². The molecule has 0 aromatic carbocycles. The highest BCUT2D eigenvalue weighted by Crippen LogP contribution is 2.12. The smallest absolute Gasteiger partial charge is 0.106 e. The quantitative estimate of drug-likeness (QED) is 0.799. The summed E-state index contributed by atoms with van der Waals surface area (Å²) >= 11 is 3.26. The van der Waals surface area contributed by atoms with Gasteiger partial charge in [0, 0.05) is 12.2 Å². The van der Waals surface area contributed by atoms with Crippen LogP contribution in [0.25, 0.3) is 0 Å². The molecule has 5 heteroatoms. The van der Waals surface area contributed by atoms with Crippen molar-refractivity contribution in [2.24, 2.45) is 5.73 Å². The molecule has 0 bridgehead atoms. The molecule has 0 aliphatic heterocycles. The lowest BCUT2D eigenvalue weighted by Gasteiger charge is -2.03. The Kier molecular flexibility index (Phi) is 8.15. The zero-order valence-corrected chi connectivity index (χ0v) is 9.75. The summed E-state index contributed by atoms with van der Waals surface area (Å²) in [7, 11) is 0. The van der Waals surface area contributed by atoms with E-state index in [0.29, 0.717) is 0 Å². The van der Waals surface area contributed by atoms with Crippen LogP contribution in [0.2, 0.25) is 0 Å². The van der Waals surface area contributed by atoms with Crippen molar-refractivity contribution in [3.8, 4) is 0 Å². The van der Waals surface area contributed by atoms with Crippen molar-refractivity contribution in [2.45, 2.75) is 13.0 Å². The molecular weight excluding hydrogens is 263 g/mol. The van der Waals surface area contributed by atoms with E-state index in [1.165, 1.54) is 0 Å². The fourth-order valence-electron chi connectivity index (χ4n) is 0.701. The van der Waals surface area contributed by atoms with E-state index < -0.39 is 0 Å². The van der Waals surface area contributed by atoms with Crippen LogP contribution in [0, 0.1) is 0 Å². The molecule has 70 valence electrons. The second-order valence-electron chi connectivity index (χ2n) is 2.20. The van der Waals surface area contributed by atoms with Crippen LogP contribution >= 0.6 is 40.7 Å². The Morgan fingerprint density at radius 3 is 2.42 bits per heavy atom. The molecule has 0 saturated carbocycles. The predicted octanol–water partition coefficient (Wildman–Crippen LogP) is 2.71. The maximum Gasteiger partial charge on any atom is 0.106 e. The third kappa shape index (κ3) is 4.26. The first-order valence-electron chi connectivity index (χ1n) is 3.07. The van der Waals surface area contributed by atoms with Crippen LogP contribution in [0.4, 0.5) is 0 Å². The molecule has 0 saturated heterocycles. The summed E-state index contributed by atoms with van der Waals surface area (Å²) in [5.74, 6) is 0. The van der Waals surface area contributed by atoms with Crippen molar-refractivity contribution >= 4 is 40.7 Å². The number of nitrogens with zero attached hydrogens (tertiary/aromatic N) is 1. The molecular formula is C7H11BrCl2N2. The van der Waals surface area contributed by atoms with Gasteiger partial charge >= 0.3 is 0 Å². The van der Waals surface area contributed by atoms with E-state index in [2.05, 4.69) is 20.9 Å². The lowest BCUT2D eigenvalue weighted by molar-refractivity contribution is 0.814. The summed E-state index contributed by atoms with van der Waals surface area (Å²) in [4.78, 5) is 3.98. The fraction of sp³-hybridized carbons (Fsp3) is 0.286. The number of pyridine rings is 1. The van der Waals surface area contributed by atoms with Gasteiger partial charge in [0.2, 0.25) is 0 Å². The summed E-state index contributed by atoms with van der Waals surface area (Å²) in [6.45, 7) is 1.95. The number of aromatic nitrogens is 1.